The zero-order valence-corrected chi connectivity index (χ0v) is 15.6. The summed E-state index contributed by atoms with van der Waals surface area (Å²) in [4.78, 5) is 25.0. The maximum absolute atomic E-state index is 12.8. The number of carbonyl (C=O) groups excluding carboxylic acids is 1. The quantitative estimate of drug-likeness (QED) is 0.552. The lowest BCUT2D eigenvalue weighted by Crippen LogP contribution is -2.36. The summed E-state index contributed by atoms with van der Waals surface area (Å²) in [6.07, 6.45) is 3.34. The molecule has 0 aliphatic rings. The second-order valence-electron chi connectivity index (χ2n) is 6.46. The number of amides is 1. The van der Waals surface area contributed by atoms with E-state index in [0.29, 0.717) is 5.82 Å². The number of hydrogen-bond donors (Lipinski definition) is 1. The van der Waals surface area contributed by atoms with E-state index in [1.807, 2.05) is 60.7 Å². The van der Waals surface area contributed by atoms with Crippen molar-refractivity contribution in [2.75, 3.05) is 0 Å². The van der Waals surface area contributed by atoms with Crippen LogP contribution >= 0.6 is 0 Å². The van der Waals surface area contributed by atoms with Gasteiger partial charge >= 0.3 is 0 Å². The summed E-state index contributed by atoms with van der Waals surface area (Å²) < 4.78 is 2.67. The number of rotatable bonds is 6. The highest BCUT2D eigenvalue weighted by Crippen LogP contribution is 2.21. The largest absolute Gasteiger partial charge is 0.344 e. The van der Waals surface area contributed by atoms with Gasteiger partial charge in [-0.2, -0.15) is 5.10 Å². The molecule has 1 amide bonds. The second kappa shape index (κ2) is 8.35. The number of aromatic nitrogens is 4. The zero-order chi connectivity index (χ0) is 20.1. The monoisotopic (exact) mass is 385 g/mol. The van der Waals surface area contributed by atoms with Gasteiger partial charge in [0.25, 0.3) is 5.56 Å². The van der Waals surface area contributed by atoms with E-state index in [1.54, 1.807) is 24.5 Å². The molecule has 0 spiro atoms. The molecule has 1 N–H and O–H groups in total. The summed E-state index contributed by atoms with van der Waals surface area (Å²) in [6, 6.07) is 23.8. The SMILES string of the molecule is O=C(Cn1nc(-n2cccn2)ccc1=O)NC(c1ccccc1)c1ccccc1. The maximum atomic E-state index is 12.8. The van der Waals surface area contributed by atoms with E-state index in [4.69, 9.17) is 0 Å². The third-order valence-electron chi connectivity index (χ3n) is 4.46. The van der Waals surface area contributed by atoms with Gasteiger partial charge < -0.3 is 5.32 Å². The third-order valence-corrected chi connectivity index (χ3v) is 4.46. The molecule has 2 aromatic carbocycles. The lowest BCUT2D eigenvalue weighted by atomic mass is 9.99. The van der Waals surface area contributed by atoms with Crippen LogP contribution in [0.1, 0.15) is 17.2 Å². The van der Waals surface area contributed by atoms with Gasteiger partial charge in [0.2, 0.25) is 5.91 Å². The van der Waals surface area contributed by atoms with E-state index >= 15 is 0 Å². The van der Waals surface area contributed by atoms with Gasteiger partial charge in [-0.15, -0.1) is 5.10 Å². The molecule has 0 fully saturated rings. The van der Waals surface area contributed by atoms with Crippen LogP contribution in [0.15, 0.2) is 96.1 Å². The first kappa shape index (κ1) is 18.4. The Hall–Kier alpha value is -4.00. The lowest BCUT2D eigenvalue weighted by Gasteiger charge is -2.20. The molecule has 0 bridgehead atoms. The molecule has 0 unspecified atom stereocenters. The first-order chi connectivity index (χ1) is 14.2. The highest BCUT2D eigenvalue weighted by Gasteiger charge is 2.17. The van der Waals surface area contributed by atoms with Crippen molar-refractivity contribution >= 4 is 5.91 Å². The summed E-state index contributed by atoms with van der Waals surface area (Å²) in [6.45, 7) is -0.190. The molecule has 4 aromatic rings. The van der Waals surface area contributed by atoms with Crippen LogP contribution in [-0.4, -0.2) is 25.5 Å². The van der Waals surface area contributed by atoms with Crippen molar-refractivity contribution in [1.29, 1.82) is 0 Å². The summed E-state index contributed by atoms with van der Waals surface area (Å²) in [5, 5.41) is 11.4. The van der Waals surface area contributed by atoms with Crippen molar-refractivity contribution in [1.82, 2.24) is 24.9 Å². The van der Waals surface area contributed by atoms with Crippen molar-refractivity contribution in [3.05, 3.63) is 113 Å². The van der Waals surface area contributed by atoms with E-state index < -0.39 is 0 Å². The van der Waals surface area contributed by atoms with Crippen LogP contribution in [0.25, 0.3) is 5.82 Å². The Bertz CT molecular complexity index is 1100. The van der Waals surface area contributed by atoms with Gasteiger partial charge in [-0.05, 0) is 23.3 Å². The number of nitrogens with zero attached hydrogens (tertiary/aromatic N) is 4. The Morgan fingerprint density at radius 3 is 2.14 bits per heavy atom. The highest BCUT2D eigenvalue weighted by molar-refractivity contribution is 5.76. The minimum atomic E-state index is -0.355. The molecule has 7 heteroatoms. The van der Waals surface area contributed by atoms with Crippen LogP contribution in [-0.2, 0) is 11.3 Å². The molecule has 144 valence electrons. The van der Waals surface area contributed by atoms with Crippen molar-refractivity contribution in [3.8, 4) is 5.82 Å². The first-order valence-electron chi connectivity index (χ1n) is 9.18. The first-order valence-corrected chi connectivity index (χ1v) is 9.18. The molecule has 29 heavy (non-hydrogen) atoms. The number of nitrogens with one attached hydrogen (secondary N) is 1. The molecule has 0 radical (unpaired) electrons. The molecule has 0 atom stereocenters. The Morgan fingerprint density at radius 1 is 0.897 bits per heavy atom. The third kappa shape index (κ3) is 4.30. The van der Waals surface area contributed by atoms with E-state index in [-0.39, 0.29) is 24.1 Å². The minimum Gasteiger partial charge on any atom is -0.344 e. The predicted molar refractivity (Wildman–Crippen MR) is 108 cm³/mol. The van der Waals surface area contributed by atoms with Crippen molar-refractivity contribution < 1.29 is 4.79 Å². The van der Waals surface area contributed by atoms with Gasteiger partial charge in [0.1, 0.15) is 6.54 Å². The molecular weight excluding hydrogens is 366 g/mol. The Balaban J connectivity index is 1.58. The van der Waals surface area contributed by atoms with Crippen LogP contribution < -0.4 is 10.9 Å². The molecule has 0 saturated carbocycles. The fourth-order valence-corrected chi connectivity index (χ4v) is 3.07. The minimum absolute atomic E-state index is 0.190. The van der Waals surface area contributed by atoms with Crippen LogP contribution in [0.4, 0.5) is 0 Å². The molecule has 7 nitrogen and oxygen atoms in total. The second-order valence-corrected chi connectivity index (χ2v) is 6.46. The van der Waals surface area contributed by atoms with Gasteiger partial charge in [0.15, 0.2) is 5.82 Å². The summed E-state index contributed by atoms with van der Waals surface area (Å²) in [5.74, 6) is 0.153. The molecule has 0 aliphatic heterocycles. The molecule has 0 saturated heterocycles. The Kier molecular flexibility index (Phi) is 5.29. The smallest absolute Gasteiger partial charge is 0.267 e. The van der Waals surface area contributed by atoms with Gasteiger partial charge in [-0.1, -0.05) is 60.7 Å². The maximum Gasteiger partial charge on any atom is 0.267 e. The van der Waals surface area contributed by atoms with E-state index in [0.717, 1.165) is 15.8 Å². The van der Waals surface area contributed by atoms with E-state index in [1.165, 1.54) is 10.7 Å². The van der Waals surface area contributed by atoms with Crippen molar-refractivity contribution in [2.45, 2.75) is 12.6 Å². The van der Waals surface area contributed by atoms with Crippen LogP contribution in [0, 0.1) is 0 Å². The summed E-state index contributed by atoms with van der Waals surface area (Å²) in [5.41, 5.74) is 1.56. The topological polar surface area (TPSA) is 81.8 Å². The molecule has 2 aromatic heterocycles. The number of carbonyl (C=O) groups is 1. The molecule has 0 aliphatic carbocycles. The average Bonchev–Trinajstić information content (AvgIpc) is 3.30. The number of benzene rings is 2. The van der Waals surface area contributed by atoms with Crippen molar-refractivity contribution in [2.24, 2.45) is 0 Å². The molecular formula is C22H19N5O2. The zero-order valence-electron chi connectivity index (χ0n) is 15.6. The average molecular weight is 385 g/mol. The standard InChI is InChI=1S/C22H19N5O2/c28-20(16-27-21(29)13-12-19(25-27)26-15-7-14-23-26)24-22(17-8-3-1-4-9-17)18-10-5-2-6-11-18/h1-15,22H,16H2,(H,24,28). The van der Waals surface area contributed by atoms with Crippen molar-refractivity contribution in [3.63, 3.8) is 0 Å². The Labute approximate surface area is 167 Å². The van der Waals surface area contributed by atoms with E-state index in [9.17, 15) is 9.59 Å². The van der Waals surface area contributed by atoms with E-state index in [2.05, 4.69) is 15.5 Å². The predicted octanol–water partition coefficient (Wildman–Crippen LogP) is 2.33. The van der Waals surface area contributed by atoms with Gasteiger partial charge in [-0.25, -0.2) is 9.36 Å². The van der Waals surface area contributed by atoms with Crippen LogP contribution in [0.2, 0.25) is 0 Å². The normalized spacial score (nSPS) is 10.8. The summed E-state index contributed by atoms with van der Waals surface area (Å²) in [7, 11) is 0. The molecule has 4 rings (SSSR count). The summed E-state index contributed by atoms with van der Waals surface area (Å²) >= 11 is 0. The van der Waals surface area contributed by atoms with Gasteiger partial charge in [-0.3, -0.25) is 9.59 Å². The fraction of sp³-hybridized carbons (Fsp3) is 0.0909. The molecule has 2 heterocycles. The fourth-order valence-electron chi connectivity index (χ4n) is 3.07. The number of hydrogen-bond acceptors (Lipinski definition) is 4. The van der Waals surface area contributed by atoms with Gasteiger partial charge in [0.05, 0.1) is 6.04 Å². The lowest BCUT2D eigenvalue weighted by molar-refractivity contribution is -0.122. The highest BCUT2D eigenvalue weighted by atomic mass is 16.2. The Morgan fingerprint density at radius 2 is 1.55 bits per heavy atom. The van der Waals surface area contributed by atoms with Crippen LogP contribution in [0.5, 0.6) is 0 Å². The van der Waals surface area contributed by atoms with Crippen LogP contribution in [0.3, 0.4) is 0 Å². The van der Waals surface area contributed by atoms with Gasteiger partial charge in [0, 0.05) is 18.5 Å².